The summed E-state index contributed by atoms with van der Waals surface area (Å²) in [6.45, 7) is 2.21. The van der Waals surface area contributed by atoms with Gasteiger partial charge < -0.3 is 9.15 Å². The van der Waals surface area contributed by atoms with Gasteiger partial charge in [0, 0.05) is 15.8 Å². The maximum Gasteiger partial charge on any atom is 0.293 e. The molecule has 4 aromatic rings. The number of benzene rings is 2. The molecule has 0 unspecified atom stereocenters. The van der Waals surface area contributed by atoms with Crippen molar-refractivity contribution in [2.24, 2.45) is 0 Å². The van der Waals surface area contributed by atoms with E-state index in [2.05, 4.69) is 38.4 Å². The van der Waals surface area contributed by atoms with Crippen molar-refractivity contribution in [1.82, 2.24) is 4.98 Å². The number of carbonyl (C=O) groups excluding carboxylic acids is 1. The van der Waals surface area contributed by atoms with Gasteiger partial charge in [-0.3, -0.25) is 10.1 Å². The maximum atomic E-state index is 12.5. The van der Waals surface area contributed by atoms with Crippen LogP contribution in [0.2, 0.25) is 0 Å². The molecule has 152 valence electrons. The number of nitrogens with one attached hydrogen (secondary N) is 1. The predicted octanol–water partition coefficient (Wildman–Crippen LogP) is 6.23. The molecular weight excluding hydrogens is 464 g/mol. The fraction of sp³-hybridized carbons (Fsp3) is 0.130. The summed E-state index contributed by atoms with van der Waals surface area (Å²) in [6.07, 6.45) is 0.772. The zero-order valence-corrected chi connectivity index (χ0v) is 18.6. The van der Waals surface area contributed by atoms with Crippen LogP contribution >= 0.6 is 27.3 Å². The Kier molecular flexibility index (Phi) is 6.30. The van der Waals surface area contributed by atoms with E-state index in [4.69, 9.17) is 9.15 Å². The molecule has 0 spiro atoms. The average Bonchev–Trinajstić information content (AvgIpc) is 3.36. The summed E-state index contributed by atoms with van der Waals surface area (Å²) in [5, 5.41) is 3.39. The first-order valence-electron chi connectivity index (χ1n) is 9.35. The molecule has 4 rings (SSSR count). The van der Waals surface area contributed by atoms with Crippen molar-refractivity contribution in [3.05, 3.63) is 98.9 Å². The third kappa shape index (κ3) is 5.17. The highest BCUT2D eigenvalue weighted by atomic mass is 79.9. The molecule has 0 saturated heterocycles. The Bertz CT molecular complexity index is 1140. The van der Waals surface area contributed by atoms with Crippen LogP contribution in [0, 0.1) is 6.92 Å². The molecule has 0 aliphatic heterocycles. The van der Waals surface area contributed by atoms with Crippen LogP contribution in [0.25, 0.3) is 0 Å². The Labute approximate surface area is 186 Å². The van der Waals surface area contributed by atoms with Crippen LogP contribution in [0.15, 0.2) is 75.6 Å². The quantitative estimate of drug-likeness (QED) is 0.339. The Morgan fingerprint density at radius 3 is 2.63 bits per heavy atom. The van der Waals surface area contributed by atoms with Gasteiger partial charge in [-0.15, -0.1) is 11.3 Å². The summed E-state index contributed by atoms with van der Waals surface area (Å²) < 4.78 is 12.3. The molecule has 7 heteroatoms. The molecule has 0 fully saturated rings. The highest BCUT2D eigenvalue weighted by Gasteiger charge is 2.15. The predicted molar refractivity (Wildman–Crippen MR) is 121 cm³/mol. The summed E-state index contributed by atoms with van der Waals surface area (Å²) >= 11 is 4.92. The van der Waals surface area contributed by atoms with Gasteiger partial charge in [0.2, 0.25) is 0 Å². The first kappa shape index (κ1) is 20.4. The van der Waals surface area contributed by atoms with Crippen LogP contribution in [-0.2, 0) is 13.0 Å². The van der Waals surface area contributed by atoms with E-state index >= 15 is 0 Å². The second-order valence-electron chi connectivity index (χ2n) is 6.65. The summed E-state index contributed by atoms with van der Waals surface area (Å²) in [6, 6.07) is 21.0. The van der Waals surface area contributed by atoms with Gasteiger partial charge >= 0.3 is 0 Å². The summed E-state index contributed by atoms with van der Waals surface area (Å²) in [5.74, 6) is 1.22. The zero-order valence-electron chi connectivity index (χ0n) is 16.2. The fourth-order valence-electron chi connectivity index (χ4n) is 2.84. The van der Waals surface area contributed by atoms with E-state index in [0.29, 0.717) is 10.9 Å². The summed E-state index contributed by atoms with van der Waals surface area (Å²) in [5.41, 5.74) is 2.10. The minimum atomic E-state index is -0.329. The highest BCUT2D eigenvalue weighted by molar-refractivity contribution is 9.10. The molecule has 0 aliphatic carbocycles. The Morgan fingerprint density at radius 2 is 1.87 bits per heavy atom. The highest BCUT2D eigenvalue weighted by Crippen LogP contribution is 2.26. The molecule has 2 aromatic heterocycles. The molecule has 0 radical (unpaired) electrons. The van der Waals surface area contributed by atoms with Gasteiger partial charge in [0.1, 0.15) is 18.1 Å². The van der Waals surface area contributed by atoms with Gasteiger partial charge in [0.15, 0.2) is 10.9 Å². The largest absolute Gasteiger partial charge is 0.486 e. The SMILES string of the molecule is Cc1nc(NC(=O)c2ccc(COc3ccccc3)o2)sc1Cc1ccc(Br)cc1. The van der Waals surface area contributed by atoms with E-state index in [9.17, 15) is 4.79 Å². The molecule has 2 heterocycles. The number of thiazole rings is 1. The lowest BCUT2D eigenvalue weighted by atomic mass is 10.1. The van der Waals surface area contributed by atoms with Gasteiger partial charge in [0.05, 0.1) is 5.69 Å². The van der Waals surface area contributed by atoms with Crippen LogP contribution in [0.5, 0.6) is 5.75 Å². The Balaban J connectivity index is 1.37. The molecule has 0 saturated carbocycles. The maximum absolute atomic E-state index is 12.5. The Morgan fingerprint density at radius 1 is 1.10 bits per heavy atom. The van der Waals surface area contributed by atoms with E-state index in [1.807, 2.05) is 49.4 Å². The van der Waals surface area contributed by atoms with E-state index < -0.39 is 0 Å². The number of nitrogens with zero attached hydrogens (tertiary/aromatic N) is 1. The van der Waals surface area contributed by atoms with Crippen LogP contribution in [0.4, 0.5) is 5.13 Å². The molecular formula is C23H19BrN2O3S. The molecule has 0 atom stereocenters. The van der Waals surface area contributed by atoms with Crippen molar-refractivity contribution in [3.63, 3.8) is 0 Å². The standard InChI is InChI=1S/C23H19BrN2O3S/c1-15-21(13-16-7-9-17(24)10-8-16)30-23(25-15)26-22(27)20-12-11-19(29-20)14-28-18-5-3-2-4-6-18/h2-12H,13-14H2,1H3,(H,25,26,27). The lowest BCUT2D eigenvalue weighted by molar-refractivity contribution is 0.0992. The normalized spacial score (nSPS) is 10.7. The topological polar surface area (TPSA) is 64.4 Å². The van der Waals surface area contributed by atoms with E-state index in [1.165, 1.54) is 16.9 Å². The van der Waals surface area contributed by atoms with Gasteiger partial charge in [-0.1, -0.05) is 46.3 Å². The van der Waals surface area contributed by atoms with Crippen molar-refractivity contribution in [2.75, 3.05) is 5.32 Å². The number of furan rings is 1. The molecule has 0 aliphatic rings. The summed E-state index contributed by atoms with van der Waals surface area (Å²) in [4.78, 5) is 18.1. The molecule has 2 aromatic carbocycles. The molecule has 1 amide bonds. The number of aromatic nitrogens is 1. The number of amides is 1. The van der Waals surface area contributed by atoms with E-state index in [-0.39, 0.29) is 18.3 Å². The van der Waals surface area contributed by atoms with Crippen molar-refractivity contribution < 1.29 is 13.9 Å². The average molecular weight is 483 g/mol. The lowest BCUT2D eigenvalue weighted by Gasteiger charge is -2.03. The minimum absolute atomic E-state index is 0.226. The fourth-order valence-corrected chi connectivity index (χ4v) is 4.10. The number of aryl methyl sites for hydroxylation is 1. The number of anilines is 1. The van der Waals surface area contributed by atoms with Crippen LogP contribution in [0.1, 0.15) is 32.4 Å². The summed E-state index contributed by atoms with van der Waals surface area (Å²) in [7, 11) is 0. The smallest absolute Gasteiger partial charge is 0.293 e. The second-order valence-corrected chi connectivity index (χ2v) is 8.65. The van der Waals surface area contributed by atoms with Crippen molar-refractivity contribution in [1.29, 1.82) is 0 Å². The van der Waals surface area contributed by atoms with Crippen molar-refractivity contribution in [2.45, 2.75) is 20.0 Å². The number of hydrogen-bond donors (Lipinski definition) is 1. The third-order valence-electron chi connectivity index (χ3n) is 4.40. The van der Waals surface area contributed by atoms with Crippen molar-refractivity contribution in [3.8, 4) is 5.75 Å². The Hall–Kier alpha value is -2.90. The first-order chi connectivity index (χ1) is 14.6. The van der Waals surface area contributed by atoms with Crippen LogP contribution < -0.4 is 10.1 Å². The molecule has 5 nitrogen and oxygen atoms in total. The molecule has 1 N–H and O–H groups in total. The minimum Gasteiger partial charge on any atom is -0.486 e. The number of carbonyl (C=O) groups is 1. The van der Waals surface area contributed by atoms with Gasteiger partial charge in [-0.25, -0.2) is 4.98 Å². The van der Waals surface area contributed by atoms with E-state index in [0.717, 1.165) is 27.2 Å². The van der Waals surface area contributed by atoms with Gasteiger partial charge in [-0.05, 0) is 48.9 Å². The third-order valence-corrected chi connectivity index (χ3v) is 6.00. The number of hydrogen-bond acceptors (Lipinski definition) is 5. The van der Waals surface area contributed by atoms with Gasteiger partial charge in [-0.2, -0.15) is 0 Å². The second kappa shape index (κ2) is 9.28. The van der Waals surface area contributed by atoms with Crippen LogP contribution in [0.3, 0.4) is 0 Å². The zero-order chi connectivity index (χ0) is 20.9. The number of rotatable bonds is 7. The first-order valence-corrected chi connectivity index (χ1v) is 11.0. The molecule has 30 heavy (non-hydrogen) atoms. The number of para-hydroxylation sites is 1. The van der Waals surface area contributed by atoms with Crippen LogP contribution in [-0.4, -0.2) is 10.9 Å². The number of ether oxygens (including phenoxy) is 1. The van der Waals surface area contributed by atoms with Crippen molar-refractivity contribution >= 4 is 38.3 Å². The molecule has 0 bridgehead atoms. The number of halogens is 1. The monoisotopic (exact) mass is 482 g/mol. The van der Waals surface area contributed by atoms with Gasteiger partial charge in [0.25, 0.3) is 5.91 Å². The van der Waals surface area contributed by atoms with E-state index in [1.54, 1.807) is 12.1 Å². The lowest BCUT2D eigenvalue weighted by Crippen LogP contribution is -2.10.